The van der Waals surface area contributed by atoms with Gasteiger partial charge in [-0.15, -0.1) is 5.10 Å². The van der Waals surface area contributed by atoms with Gasteiger partial charge in [0.05, 0.1) is 15.1 Å². The largest absolute Gasteiger partial charge is 0.477 e. The number of carbonyl (C=O) groups excluding carboxylic acids is 1. The Morgan fingerprint density at radius 1 is 1.28 bits per heavy atom. The lowest BCUT2D eigenvalue weighted by atomic mass is 10.3. The first-order valence-electron chi connectivity index (χ1n) is 7.29. The standard InChI is InChI=1S/C16H14N4O4S/c1-19-12-7-3-5-9-14(12)25-16(19)18-17-15(21)10-24-13-8-4-2-6-11(13)20(22)23/h2-9H,10H2,1H3,(H,17,21)/b18-16-. The van der Waals surface area contributed by atoms with Crippen LogP contribution in [0.2, 0.25) is 0 Å². The van der Waals surface area contributed by atoms with Gasteiger partial charge >= 0.3 is 5.69 Å². The monoisotopic (exact) mass is 358 g/mol. The SMILES string of the molecule is Cn1/c(=N/NC(=O)COc2ccccc2[N+](=O)[O-])sc2ccccc21. The minimum absolute atomic E-state index is 0.0371. The number of amides is 1. The zero-order chi connectivity index (χ0) is 17.8. The molecule has 1 N–H and O–H groups in total. The van der Waals surface area contributed by atoms with Crippen LogP contribution in [0.4, 0.5) is 5.69 Å². The van der Waals surface area contributed by atoms with Crippen LogP contribution < -0.4 is 15.0 Å². The van der Waals surface area contributed by atoms with Crippen molar-refractivity contribution in [1.82, 2.24) is 9.99 Å². The van der Waals surface area contributed by atoms with E-state index in [0.717, 1.165) is 10.2 Å². The molecular weight excluding hydrogens is 344 g/mol. The third-order valence-electron chi connectivity index (χ3n) is 3.41. The zero-order valence-electron chi connectivity index (χ0n) is 13.2. The quantitative estimate of drug-likeness (QED) is 0.558. The number of nitro groups is 1. The Labute approximate surface area is 146 Å². The molecule has 1 amide bonds. The number of para-hydroxylation sites is 3. The van der Waals surface area contributed by atoms with Crippen LogP contribution in [0.25, 0.3) is 10.2 Å². The lowest BCUT2D eigenvalue weighted by Crippen LogP contribution is -2.27. The lowest BCUT2D eigenvalue weighted by Gasteiger charge is -2.05. The minimum Gasteiger partial charge on any atom is -0.477 e. The molecule has 3 aromatic rings. The molecular formula is C16H14N4O4S. The fraction of sp³-hybridized carbons (Fsp3) is 0.125. The van der Waals surface area contributed by atoms with Crippen LogP contribution in [0.1, 0.15) is 0 Å². The Morgan fingerprint density at radius 3 is 2.76 bits per heavy atom. The van der Waals surface area contributed by atoms with E-state index in [-0.39, 0.29) is 18.0 Å². The first kappa shape index (κ1) is 16.7. The van der Waals surface area contributed by atoms with Gasteiger partial charge in [-0.3, -0.25) is 14.9 Å². The summed E-state index contributed by atoms with van der Waals surface area (Å²) in [4.78, 5) is 22.9. The van der Waals surface area contributed by atoms with Crippen molar-refractivity contribution in [2.45, 2.75) is 0 Å². The topological polar surface area (TPSA) is 98.8 Å². The summed E-state index contributed by atoms with van der Waals surface area (Å²) in [6.45, 7) is -0.372. The van der Waals surface area contributed by atoms with Crippen molar-refractivity contribution in [2.75, 3.05) is 6.61 Å². The molecule has 2 aromatic carbocycles. The maximum absolute atomic E-state index is 11.9. The first-order valence-corrected chi connectivity index (χ1v) is 8.11. The molecule has 0 unspecified atom stereocenters. The van der Waals surface area contributed by atoms with Crippen LogP contribution in [-0.2, 0) is 11.8 Å². The van der Waals surface area contributed by atoms with Crippen molar-refractivity contribution >= 4 is 33.1 Å². The molecule has 0 atom stereocenters. The number of ether oxygens (including phenoxy) is 1. The van der Waals surface area contributed by atoms with Crippen LogP contribution in [0.5, 0.6) is 5.75 Å². The molecule has 0 radical (unpaired) electrons. The molecule has 0 fully saturated rings. The first-order chi connectivity index (χ1) is 12.1. The van der Waals surface area contributed by atoms with Gasteiger partial charge in [-0.25, -0.2) is 5.43 Å². The molecule has 128 valence electrons. The number of nitrogens with one attached hydrogen (secondary N) is 1. The van der Waals surface area contributed by atoms with Gasteiger partial charge in [0.1, 0.15) is 0 Å². The number of hydrogen-bond acceptors (Lipinski definition) is 6. The highest BCUT2D eigenvalue weighted by Gasteiger charge is 2.14. The number of hydrogen-bond donors (Lipinski definition) is 1. The van der Waals surface area contributed by atoms with E-state index in [1.54, 1.807) is 6.07 Å². The molecule has 0 bridgehead atoms. The van der Waals surface area contributed by atoms with Crippen LogP contribution in [-0.4, -0.2) is 22.0 Å². The number of fused-ring (bicyclic) bond motifs is 1. The van der Waals surface area contributed by atoms with Gasteiger partial charge in [0.2, 0.25) is 4.80 Å². The molecule has 0 aliphatic rings. The maximum Gasteiger partial charge on any atom is 0.310 e. The van der Waals surface area contributed by atoms with E-state index in [0.29, 0.717) is 4.80 Å². The summed E-state index contributed by atoms with van der Waals surface area (Å²) in [7, 11) is 1.85. The van der Waals surface area contributed by atoms with Gasteiger partial charge in [0.15, 0.2) is 12.4 Å². The van der Waals surface area contributed by atoms with Crippen molar-refractivity contribution in [3.05, 3.63) is 63.4 Å². The van der Waals surface area contributed by atoms with Crippen molar-refractivity contribution < 1.29 is 14.5 Å². The summed E-state index contributed by atoms with van der Waals surface area (Å²) in [5.74, 6) is -0.467. The Hall–Kier alpha value is -3.20. The smallest absolute Gasteiger partial charge is 0.310 e. The number of nitro benzene ring substituents is 1. The Bertz CT molecular complexity index is 1010. The molecule has 0 saturated carbocycles. The van der Waals surface area contributed by atoms with Gasteiger partial charge in [0, 0.05) is 13.1 Å². The number of carbonyl (C=O) groups is 1. The fourth-order valence-electron chi connectivity index (χ4n) is 2.20. The van der Waals surface area contributed by atoms with Gasteiger partial charge in [-0.05, 0) is 18.2 Å². The maximum atomic E-state index is 11.9. The third-order valence-corrected chi connectivity index (χ3v) is 4.52. The average Bonchev–Trinajstić information content (AvgIpc) is 2.94. The van der Waals surface area contributed by atoms with E-state index >= 15 is 0 Å². The van der Waals surface area contributed by atoms with Gasteiger partial charge < -0.3 is 9.30 Å². The molecule has 0 saturated heterocycles. The molecule has 0 spiro atoms. The highest BCUT2D eigenvalue weighted by atomic mass is 32.1. The van der Waals surface area contributed by atoms with Gasteiger partial charge in [-0.2, -0.15) is 0 Å². The van der Waals surface area contributed by atoms with E-state index in [9.17, 15) is 14.9 Å². The van der Waals surface area contributed by atoms with Crippen molar-refractivity contribution in [3.8, 4) is 5.75 Å². The second-order valence-corrected chi connectivity index (χ2v) is 6.08. The lowest BCUT2D eigenvalue weighted by molar-refractivity contribution is -0.385. The normalized spacial score (nSPS) is 11.5. The van der Waals surface area contributed by atoms with Gasteiger partial charge in [-0.1, -0.05) is 35.6 Å². The number of aryl methyl sites for hydroxylation is 1. The highest BCUT2D eigenvalue weighted by molar-refractivity contribution is 7.16. The highest BCUT2D eigenvalue weighted by Crippen LogP contribution is 2.25. The predicted octanol–water partition coefficient (Wildman–Crippen LogP) is 2.16. The molecule has 8 nitrogen and oxygen atoms in total. The number of nitrogens with zero attached hydrogens (tertiary/aromatic N) is 3. The van der Waals surface area contributed by atoms with E-state index in [2.05, 4.69) is 10.5 Å². The number of rotatable bonds is 5. The van der Waals surface area contributed by atoms with Crippen LogP contribution >= 0.6 is 11.3 Å². The van der Waals surface area contributed by atoms with Gasteiger partial charge in [0.25, 0.3) is 5.91 Å². The molecule has 1 aromatic heterocycles. The molecule has 0 aliphatic heterocycles. The Morgan fingerprint density at radius 2 is 2.00 bits per heavy atom. The average molecular weight is 358 g/mol. The molecule has 3 rings (SSSR count). The third kappa shape index (κ3) is 3.66. The summed E-state index contributed by atoms with van der Waals surface area (Å²) >= 11 is 1.44. The fourth-order valence-corrected chi connectivity index (χ4v) is 3.18. The van der Waals surface area contributed by atoms with Crippen molar-refractivity contribution in [3.63, 3.8) is 0 Å². The number of aromatic nitrogens is 1. The summed E-state index contributed by atoms with van der Waals surface area (Å²) < 4.78 is 8.14. The summed E-state index contributed by atoms with van der Waals surface area (Å²) in [5.41, 5.74) is 3.22. The summed E-state index contributed by atoms with van der Waals surface area (Å²) in [6.07, 6.45) is 0. The Balaban J connectivity index is 1.69. The molecule has 9 heteroatoms. The number of thiazole rings is 1. The van der Waals surface area contributed by atoms with E-state index in [4.69, 9.17) is 4.74 Å². The molecule has 0 aliphatic carbocycles. The van der Waals surface area contributed by atoms with Crippen molar-refractivity contribution in [2.24, 2.45) is 12.1 Å². The van der Waals surface area contributed by atoms with Crippen LogP contribution in [0.15, 0.2) is 53.6 Å². The predicted molar refractivity (Wildman–Crippen MR) is 93.1 cm³/mol. The second kappa shape index (κ2) is 7.14. The van der Waals surface area contributed by atoms with E-state index in [1.165, 1.54) is 29.5 Å². The van der Waals surface area contributed by atoms with Crippen LogP contribution in [0, 0.1) is 10.1 Å². The van der Waals surface area contributed by atoms with E-state index < -0.39 is 10.8 Å². The second-order valence-electron chi connectivity index (χ2n) is 5.07. The van der Waals surface area contributed by atoms with Crippen LogP contribution in [0.3, 0.4) is 0 Å². The minimum atomic E-state index is -0.561. The number of benzene rings is 2. The summed E-state index contributed by atoms with van der Waals surface area (Å²) in [6, 6.07) is 13.7. The molecule has 25 heavy (non-hydrogen) atoms. The zero-order valence-corrected chi connectivity index (χ0v) is 14.0. The van der Waals surface area contributed by atoms with E-state index in [1.807, 2.05) is 35.9 Å². The summed E-state index contributed by atoms with van der Waals surface area (Å²) in [5, 5.41) is 15.0. The van der Waals surface area contributed by atoms with Crippen molar-refractivity contribution in [1.29, 1.82) is 0 Å². The molecule has 1 heterocycles. The Kier molecular flexibility index (Phi) is 4.75.